The number of carbonyl (C=O) groups excluding carboxylic acids is 1. The van der Waals surface area contributed by atoms with Gasteiger partial charge < -0.3 is 4.90 Å². The van der Waals surface area contributed by atoms with E-state index in [2.05, 4.69) is 68.4 Å². The normalized spacial score (nSPS) is 15.2. The van der Waals surface area contributed by atoms with Crippen LogP contribution in [0.5, 0.6) is 0 Å². The molecule has 30 heavy (non-hydrogen) atoms. The molecule has 0 aromatic heterocycles. The van der Waals surface area contributed by atoms with Crippen LogP contribution in [0.2, 0.25) is 0 Å². The maximum atomic E-state index is 12.7. The molecule has 0 saturated carbocycles. The van der Waals surface area contributed by atoms with E-state index in [-0.39, 0.29) is 11.4 Å². The minimum Gasteiger partial charge on any atom is -0.365 e. The molecule has 0 atom stereocenters. The lowest BCUT2D eigenvalue weighted by Gasteiger charge is -2.41. The van der Waals surface area contributed by atoms with Gasteiger partial charge in [0.1, 0.15) is 0 Å². The standard InChI is InChI=1S/C26H27N3O/c1-17-13-24-23(18(2)15-26(3,4)29(24)5)14-20(17)16-27-28-25(30)22-12-8-10-19-9-6-7-11-21(19)22/h6-16H,1-5H3,(H,28,30)/b27-16-. The fraction of sp³-hybridized carbons (Fsp3) is 0.231. The molecule has 0 bridgehead atoms. The maximum Gasteiger partial charge on any atom is 0.271 e. The predicted octanol–water partition coefficient (Wildman–Crippen LogP) is 5.54. The molecule has 1 aliphatic heterocycles. The van der Waals surface area contributed by atoms with Crippen molar-refractivity contribution in [2.45, 2.75) is 33.2 Å². The Bertz CT molecular complexity index is 1200. The molecule has 0 aliphatic carbocycles. The number of likely N-dealkylation sites (N-methyl/N-ethyl adjacent to an activating group) is 1. The lowest BCUT2D eigenvalue weighted by Crippen LogP contribution is -2.42. The molecule has 1 amide bonds. The Labute approximate surface area is 177 Å². The molecule has 0 fully saturated rings. The number of allylic oxidation sites excluding steroid dienone is 1. The van der Waals surface area contributed by atoms with Crippen LogP contribution in [-0.4, -0.2) is 24.7 Å². The van der Waals surface area contributed by atoms with Crippen LogP contribution in [0.3, 0.4) is 0 Å². The summed E-state index contributed by atoms with van der Waals surface area (Å²) in [5.41, 5.74) is 9.06. The minimum absolute atomic E-state index is 0.0223. The third kappa shape index (κ3) is 3.50. The van der Waals surface area contributed by atoms with Crippen molar-refractivity contribution in [3.05, 3.63) is 82.9 Å². The van der Waals surface area contributed by atoms with E-state index < -0.39 is 0 Å². The van der Waals surface area contributed by atoms with Crippen LogP contribution in [0.4, 0.5) is 5.69 Å². The van der Waals surface area contributed by atoms with Gasteiger partial charge in [-0.25, -0.2) is 5.43 Å². The van der Waals surface area contributed by atoms with Gasteiger partial charge in [-0.2, -0.15) is 5.10 Å². The number of rotatable bonds is 3. The van der Waals surface area contributed by atoms with Crippen LogP contribution in [0.1, 0.15) is 47.8 Å². The van der Waals surface area contributed by atoms with Crippen molar-refractivity contribution in [2.75, 3.05) is 11.9 Å². The number of fused-ring (bicyclic) bond motifs is 2. The van der Waals surface area contributed by atoms with E-state index in [1.807, 2.05) is 42.5 Å². The second-order valence-corrected chi connectivity index (χ2v) is 8.49. The van der Waals surface area contributed by atoms with Gasteiger partial charge in [-0.15, -0.1) is 0 Å². The summed E-state index contributed by atoms with van der Waals surface area (Å²) in [6, 6.07) is 17.9. The molecule has 4 heteroatoms. The number of nitrogens with one attached hydrogen (secondary N) is 1. The maximum absolute atomic E-state index is 12.7. The summed E-state index contributed by atoms with van der Waals surface area (Å²) in [4.78, 5) is 15.0. The Morgan fingerprint density at radius 1 is 1.07 bits per heavy atom. The zero-order valence-corrected chi connectivity index (χ0v) is 18.2. The second-order valence-electron chi connectivity index (χ2n) is 8.49. The molecule has 1 N–H and O–H groups in total. The Morgan fingerprint density at radius 2 is 1.80 bits per heavy atom. The summed E-state index contributed by atoms with van der Waals surface area (Å²) in [7, 11) is 2.12. The van der Waals surface area contributed by atoms with E-state index >= 15 is 0 Å². The van der Waals surface area contributed by atoms with Gasteiger partial charge in [0, 0.05) is 23.9 Å². The lowest BCUT2D eigenvalue weighted by molar-refractivity contribution is 0.0957. The van der Waals surface area contributed by atoms with Gasteiger partial charge >= 0.3 is 0 Å². The highest BCUT2D eigenvalue weighted by Gasteiger charge is 2.28. The number of hydrazone groups is 1. The largest absolute Gasteiger partial charge is 0.365 e. The molecule has 0 radical (unpaired) electrons. The van der Waals surface area contributed by atoms with Crippen LogP contribution in [0.15, 0.2) is 65.8 Å². The average Bonchev–Trinajstić information content (AvgIpc) is 2.72. The van der Waals surface area contributed by atoms with E-state index in [4.69, 9.17) is 0 Å². The number of anilines is 1. The van der Waals surface area contributed by atoms with Gasteiger partial charge in [-0.3, -0.25) is 4.79 Å². The van der Waals surface area contributed by atoms with E-state index in [1.54, 1.807) is 6.21 Å². The Kier molecular flexibility index (Phi) is 4.94. The zero-order valence-electron chi connectivity index (χ0n) is 18.2. The first-order chi connectivity index (χ1) is 14.3. The lowest BCUT2D eigenvalue weighted by atomic mass is 9.87. The van der Waals surface area contributed by atoms with Gasteiger partial charge in [0.2, 0.25) is 0 Å². The number of hydrogen-bond acceptors (Lipinski definition) is 3. The monoisotopic (exact) mass is 397 g/mol. The van der Waals surface area contributed by atoms with Crippen molar-refractivity contribution in [1.82, 2.24) is 5.43 Å². The first-order valence-corrected chi connectivity index (χ1v) is 10.2. The van der Waals surface area contributed by atoms with E-state index in [9.17, 15) is 4.79 Å². The first kappa shape index (κ1) is 19.9. The molecule has 3 aromatic carbocycles. The number of nitrogens with zero attached hydrogens (tertiary/aromatic N) is 2. The molecule has 4 rings (SSSR count). The summed E-state index contributed by atoms with van der Waals surface area (Å²) in [5.74, 6) is -0.212. The van der Waals surface area contributed by atoms with Crippen molar-refractivity contribution in [2.24, 2.45) is 5.10 Å². The SMILES string of the molecule is CC1=CC(C)(C)N(C)c2cc(C)c(/C=N\NC(=O)c3cccc4ccccc34)cc21. The molecule has 3 aromatic rings. The molecule has 4 nitrogen and oxygen atoms in total. The van der Waals surface area contributed by atoms with Crippen LogP contribution in [0.25, 0.3) is 16.3 Å². The van der Waals surface area contributed by atoms with Crippen LogP contribution in [0, 0.1) is 6.92 Å². The summed E-state index contributed by atoms with van der Waals surface area (Å²) < 4.78 is 0. The third-order valence-corrected chi connectivity index (χ3v) is 6.01. The van der Waals surface area contributed by atoms with Crippen molar-refractivity contribution in [3.8, 4) is 0 Å². The molecule has 152 valence electrons. The van der Waals surface area contributed by atoms with E-state index in [0.29, 0.717) is 5.56 Å². The van der Waals surface area contributed by atoms with Gasteiger partial charge in [0.25, 0.3) is 5.91 Å². The molecule has 1 aliphatic rings. The van der Waals surface area contributed by atoms with Gasteiger partial charge in [-0.05, 0) is 73.4 Å². The zero-order chi connectivity index (χ0) is 21.5. The fourth-order valence-electron chi connectivity index (χ4n) is 4.10. The minimum atomic E-state index is -0.212. The molecule has 1 heterocycles. The van der Waals surface area contributed by atoms with Gasteiger partial charge in [0.15, 0.2) is 0 Å². The average molecular weight is 398 g/mol. The number of amides is 1. The molecule has 0 saturated heterocycles. The molecule has 0 unspecified atom stereocenters. The molecular formula is C26H27N3O. The quantitative estimate of drug-likeness (QED) is 0.466. The highest BCUT2D eigenvalue weighted by molar-refractivity contribution is 6.07. The third-order valence-electron chi connectivity index (χ3n) is 6.01. The number of aryl methyl sites for hydroxylation is 1. The smallest absolute Gasteiger partial charge is 0.271 e. The van der Waals surface area contributed by atoms with Crippen molar-refractivity contribution < 1.29 is 4.79 Å². The summed E-state index contributed by atoms with van der Waals surface area (Å²) in [5, 5.41) is 6.21. The van der Waals surface area contributed by atoms with Crippen LogP contribution in [-0.2, 0) is 0 Å². The fourth-order valence-corrected chi connectivity index (χ4v) is 4.10. The molecule has 0 spiro atoms. The van der Waals surface area contributed by atoms with E-state index in [0.717, 1.165) is 21.9 Å². The first-order valence-electron chi connectivity index (χ1n) is 10.2. The highest BCUT2D eigenvalue weighted by atomic mass is 16.2. The van der Waals surface area contributed by atoms with Gasteiger partial charge in [0.05, 0.1) is 11.8 Å². The number of hydrogen-bond donors (Lipinski definition) is 1. The highest BCUT2D eigenvalue weighted by Crippen LogP contribution is 2.38. The van der Waals surface area contributed by atoms with Gasteiger partial charge in [-0.1, -0.05) is 42.5 Å². The Balaban J connectivity index is 1.59. The summed E-state index contributed by atoms with van der Waals surface area (Å²) in [6.45, 7) is 8.65. The van der Waals surface area contributed by atoms with Crippen LogP contribution < -0.4 is 10.3 Å². The number of carbonyl (C=O) groups is 1. The van der Waals surface area contributed by atoms with Crippen molar-refractivity contribution in [1.29, 1.82) is 0 Å². The topological polar surface area (TPSA) is 44.7 Å². The Morgan fingerprint density at radius 3 is 2.60 bits per heavy atom. The van der Waals surface area contributed by atoms with Crippen molar-refractivity contribution >= 4 is 34.2 Å². The summed E-state index contributed by atoms with van der Waals surface area (Å²) in [6.07, 6.45) is 4.01. The summed E-state index contributed by atoms with van der Waals surface area (Å²) >= 11 is 0. The number of benzene rings is 3. The van der Waals surface area contributed by atoms with Crippen LogP contribution >= 0.6 is 0 Å². The Hall–Kier alpha value is -3.40. The second kappa shape index (κ2) is 7.45. The predicted molar refractivity (Wildman–Crippen MR) is 126 cm³/mol. The van der Waals surface area contributed by atoms with E-state index in [1.165, 1.54) is 16.8 Å². The molecular weight excluding hydrogens is 370 g/mol. The van der Waals surface area contributed by atoms with Crippen molar-refractivity contribution in [3.63, 3.8) is 0 Å².